The normalized spacial score (nSPS) is 18.1. The molecule has 112 valence electrons. The van der Waals surface area contributed by atoms with Crippen LogP contribution in [0.15, 0.2) is 12.3 Å². The molecule has 1 aromatic heterocycles. The molecule has 0 aliphatic carbocycles. The average molecular weight is 290 g/mol. The van der Waals surface area contributed by atoms with Crippen molar-refractivity contribution in [3.8, 4) is 0 Å². The van der Waals surface area contributed by atoms with Gasteiger partial charge in [0, 0.05) is 32.4 Å². The van der Waals surface area contributed by atoms with Gasteiger partial charge in [-0.3, -0.25) is 4.90 Å². The zero-order valence-electron chi connectivity index (χ0n) is 11.0. The summed E-state index contributed by atoms with van der Waals surface area (Å²) in [6, 6.07) is 0.874. The molecule has 1 aliphatic heterocycles. The first-order valence-corrected chi connectivity index (χ1v) is 6.49. The maximum Gasteiger partial charge on any atom is 0.433 e. The first-order valence-electron chi connectivity index (χ1n) is 6.49. The van der Waals surface area contributed by atoms with Gasteiger partial charge in [-0.15, -0.1) is 0 Å². The Labute approximate surface area is 115 Å². The number of β-amino-alcohol motifs (C(OH)–C–C–N with tert-alkyl or cyclic N) is 1. The molecule has 0 radical (unpaired) electrons. The van der Waals surface area contributed by atoms with Crippen LogP contribution in [0, 0.1) is 0 Å². The molecule has 0 saturated carbocycles. The van der Waals surface area contributed by atoms with Gasteiger partial charge in [0.1, 0.15) is 5.69 Å². The number of aromatic nitrogens is 2. The summed E-state index contributed by atoms with van der Waals surface area (Å²) in [7, 11) is 0. The molecule has 0 unspecified atom stereocenters. The standard InChI is InChI=1S/C12H17F3N4O/c13-12(14,15)10-2-3-16-11(17-10)19-5-1-4-18(6-7-19)8-9-20/h2-3,20H,1,4-9H2. The topological polar surface area (TPSA) is 52.5 Å². The lowest BCUT2D eigenvalue weighted by Gasteiger charge is -2.21. The zero-order valence-corrected chi connectivity index (χ0v) is 11.0. The number of hydrogen-bond acceptors (Lipinski definition) is 5. The summed E-state index contributed by atoms with van der Waals surface area (Å²) in [6.45, 7) is 3.33. The second kappa shape index (κ2) is 6.36. The Balaban J connectivity index is 2.08. The van der Waals surface area contributed by atoms with E-state index in [9.17, 15) is 13.2 Å². The van der Waals surface area contributed by atoms with Gasteiger partial charge >= 0.3 is 6.18 Å². The quantitative estimate of drug-likeness (QED) is 0.900. The second-order valence-electron chi connectivity index (χ2n) is 4.65. The molecule has 0 amide bonds. The summed E-state index contributed by atoms with van der Waals surface area (Å²) >= 11 is 0. The van der Waals surface area contributed by atoms with Crippen molar-refractivity contribution < 1.29 is 18.3 Å². The SMILES string of the molecule is OCCN1CCCN(c2nccc(C(F)(F)F)n2)CC1. The Morgan fingerprint density at radius 1 is 1.20 bits per heavy atom. The summed E-state index contributed by atoms with van der Waals surface area (Å²) in [5.41, 5.74) is -0.918. The van der Waals surface area contributed by atoms with Gasteiger partial charge in [-0.25, -0.2) is 9.97 Å². The van der Waals surface area contributed by atoms with Crippen LogP contribution in [0.4, 0.5) is 19.1 Å². The third-order valence-corrected chi connectivity index (χ3v) is 3.22. The van der Waals surface area contributed by atoms with Crippen LogP contribution in [0.3, 0.4) is 0 Å². The van der Waals surface area contributed by atoms with Gasteiger partial charge in [-0.05, 0) is 19.0 Å². The molecule has 1 saturated heterocycles. The minimum absolute atomic E-state index is 0.0834. The van der Waals surface area contributed by atoms with Crippen molar-refractivity contribution in [1.82, 2.24) is 14.9 Å². The van der Waals surface area contributed by atoms with E-state index in [0.29, 0.717) is 26.2 Å². The third kappa shape index (κ3) is 3.80. The van der Waals surface area contributed by atoms with Gasteiger partial charge in [-0.1, -0.05) is 0 Å². The number of halogens is 3. The van der Waals surface area contributed by atoms with E-state index in [1.807, 2.05) is 0 Å². The number of anilines is 1. The van der Waals surface area contributed by atoms with Crippen molar-refractivity contribution >= 4 is 5.95 Å². The van der Waals surface area contributed by atoms with Gasteiger partial charge in [0.15, 0.2) is 0 Å². The molecule has 2 rings (SSSR count). The molecule has 0 aromatic carbocycles. The minimum atomic E-state index is -4.45. The van der Waals surface area contributed by atoms with Crippen molar-refractivity contribution in [3.05, 3.63) is 18.0 Å². The van der Waals surface area contributed by atoms with E-state index in [1.54, 1.807) is 4.90 Å². The van der Waals surface area contributed by atoms with Crippen LogP contribution in [-0.4, -0.2) is 59.3 Å². The van der Waals surface area contributed by atoms with Crippen LogP contribution in [0.5, 0.6) is 0 Å². The number of aliphatic hydroxyl groups is 1. The Morgan fingerprint density at radius 2 is 2.00 bits per heavy atom. The van der Waals surface area contributed by atoms with Gasteiger partial charge < -0.3 is 10.0 Å². The summed E-state index contributed by atoms with van der Waals surface area (Å²) in [6.07, 6.45) is -2.51. The Morgan fingerprint density at radius 3 is 2.70 bits per heavy atom. The van der Waals surface area contributed by atoms with Crippen molar-refractivity contribution in [2.24, 2.45) is 0 Å². The molecule has 1 N–H and O–H groups in total. The van der Waals surface area contributed by atoms with Crippen molar-refractivity contribution in [2.75, 3.05) is 44.2 Å². The lowest BCUT2D eigenvalue weighted by molar-refractivity contribution is -0.141. The highest BCUT2D eigenvalue weighted by Gasteiger charge is 2.33. The number of rotatable bonds is 3. The minimum Gasteiger partial charge on any atom is -0.395 e. The Bertz CT molecular complexity index is 441. The van der Waals surface area contributed by atoms with E-state index in [4.69, 9.17) is 5.11 Å². The Kier molecular flexibility index (Phi) is 4.77. The molecule has 0 spiro atoms. The third-order valence-electron chi connectivity index (χ3n) is 3.22. The first kappa shape index (κ1) is 15.0. The number of hydrogen-bond donors (Lipinski definition) is 1. The highest BCUT2D eigenvalue weighted by atomic mass is 19.4. The summed E-state index contributed by atoms with van der Waals surface area (Å²) < 4.78 is 37.9. The number of alkyl halides is 3. The maximum atomic E-state index is 12.6. The molecular formula is C12H17F3N4O. The molecule has 20 heavy (non-hydrogen) atoms. The number of nitrogens with zero attached hydrogens (tertiary/aromatic N) is 4. The van der Waals surface area contributed by atoms with Gasteiger partial charge in [0.05, 0.1) is 6.61 Å². The summed E-state index contributed by atoms with van der Waals surface area (Å²) in [5.74, 6) is 0.116. The molecule has 8 heteroatoms. The smallest absolute Gasteiger partial charge is 0.395 e. The fraction of sp³-hybridized carbons (Fsp3) is 0.667. The molecular weight excluding hydrogens is 273 g/mol. The molecule has 0 atom stereocenters. The van der Waals surface area contributed by atoms with E-state index in [1.165, 1.54) is 0 Å². The highest BCUT2D eigenvalue weighted by molar-refractivity contribution is 5.31. The van der Waals surface area contributed by atoms with E-state index in [0.717, 1.165) is 25.2 Å². The highest BCUT2D eigenvalue weighted by Crippen LogP contribution is 2.28. The lowest BCUT2D eigenvalue weighted by atomic mass is 10.4. The Hall–Kier alpha value is -1.41. The fourth-order valence-corrected chi connectivity index (χ4v) is 2.19. The van der Waals surface area contributed by atoms with E-state index in [-0.39, 0.29) is 12.6 Å². The number of aliphatic hydroxyl groups excluding tert-OH is 1. The maximum absolute atomic E-state index is 12.6. The van der Waals surface area contributed by atoms with E-state index in [2.05, 4.69) is 14.9 Å². The van der Waals surface area contributed by atoms with Crippen LogP contribution < -0.4 is 4.90 Å². The monoisotopic (exact) mass is 290 g/mol. The average Bonchev–Trinajstić information content (AvgIpc) is 2.64. The van der Waals surface area contributed by atoms with Crippen LogP contribution in [-0.2, 0) is 6.18 Å². The largest absolute Gasteiger partial charge is 0.433 e. The molecule has 2 heterocycles. The van der Waals surface area contributed by atoms with Crippen molar-refractivity contribution in [3.63, 3.8) is 0 Å². The van der Waals surface area contributed by atoms with E-state index < -0.39 is 11.9 Å². The van der Waals surface area contributed by atoms with Crippen molar-refractivity contribution in [2.45, 2.75) is 12.6 Å². The van der Waals surface area contributed by atoms with E-state index >= 15 is 0 Å². The molecule has 1 aliphatic rings. The molecule has 5 nitrogen and oxygen atoms in total. The summed E-state index contributed by atoms with van der Waals surface area (Å²) in [5, 5.41) is 8.91. The predicted molar refractivity (Wildman–Crippen MR) is 67.4 cm³/mol. The second-order valence-corrected chi connectivity index (χ2v) is 4.65. The van der Waals surface area contributed by atoms with Crippen LogP contribution in [0.25, 0.3) is 0 Å². The molecule has 1 fully saturated rings. The first-order chi connectivity index (χ1) is 9.50. The summed E-state index contributed by atoms with van der Waals surface area (Å²) in [4.78, 5) is 11.4. The van der Waals surface area contributed by atoms with Crippen LogP contribution >= 0.6 is 0 Å². The van der Waals surface area contributed by atoms with Crippen molar-refractivity contribution in [1.29, 1.82) is 0 Å². The fourth-order valence-electron chi connectivity index (χ4n) is 2.19. The zero-order chi connectivity index (χ0) is 14.6. The molecule has 1 aromatic rings. The van der Waals surface area contributed by atoms with Gasteiger partial charge in [0.25, 0.3) is 0 Å². The van der Waals surface area contributed by atoms with Crippen LogP contribution in [0.1, 0.15) is 12.1 Å². The van der Waals surface area contributed by atoms with Gasteiger partial charge in [-0.2, -0.15) is 13.2 Å². The van der Waals surface area contributed by atoms with Gasteiger partial charge in [0.2, 0.25) is 5.95 Å². The van der Waals surface area contributed by atoms with Crippen LogP contribution in [0.2, 0.25) is 0 Å². The molecule has 0 bridgehead atoms. The predicted octanol–water partition coefficient (Wildman–Crippen LogP) is 1.000. The lowest BCUT2D eigenvalue weighted by Crippen LogP contribution is -2.33.